The number of carbonyl (C=O) groups is 2. The molecule has 3 heterocycles. The van der Waals surface area contributed by atoms with Crippen molar-refractivity contribution in [3.63, 3.8) is 0 Å². The van der Waals surface area contributed by atoms with E-state index in [-0.39, 0.29) is 22.6 Å². The maximum atomic E-state index is 13.2. The normalized spacial score (nSPS) is 14.6. The maximum Gasteiger partial charge on any atom is 0.413 e. The lowest BCUT2D eigenvalue weighted by molar-refractivity contribution is -0.119. The van der Waals surface area contributed by atoms with Gasteiger partial charge in [0.2, 0.25) is 11.9 Å². The van der Waals surface area contributed by atoms with Gasteiger partial charge in [0, 0.05) is 12.6 Å². The molecule has 1 fully saturated rings. The Bertz CT molecular complexity index is 1300. The Morgan fingerprint density at radius 2 is 2.06 bits per heavy atom. The summed E-state index contributed by atoms with van der Waals surface area (Å²) in [5.74, 6) is -0.892. The molecule has 1 unspecified atom stereocenters. The minimum absolute atomic E-state index is 0.109. The van der Waals surface area contributed by atoms with Gasteiger partial charge in [-0.25, -0.2) is 14.5 Å². The number of ether oxygens (including phenoxy) is 1. The van der Waals surface area contributed by atoms with E-state index in [2.05, 4.69) is 30.9 Å². The van der Waals surface area contributed by atoms with Crippen molar-refractivity contribution in [2.24, 2.45) is 12.5 Å². The zero-order chi connectivity index (χ0) is 24.5. The molecular formula is C21H18ClFN8O3. The lowest BCUT2D eigenvalue weighted by atomic mass is 10.1. The fourth-order valence-electron chi connectivity index (χ4n) is 3.12. The molecule has 11 nitrogen and oxygen atoms in total. The van der Waals surface area contributed by atoms with Gasteiger partial charge in [0.25, 0.3) is 0 Å². The zero-order valence-corrected chi connectivity index (χ0v) is 18.8. The van der Waals surface area contributed by atoms with Crippen LogP contribution in [0.25, 0.3) is 11.4 Å². The van der Waals surface area contributed by atoms with E-state index in [1.165, 1.54) is 16.9 Å². The Morgan fingerprint density at radius 1 is 1.29 bits per heavy atom. The van der Waals surface area contributed by atoms with Gasteiger partial charge in [0.1, 0.15) is 16.7 Å². The summed E-state index contributed by atoms with van der Waals surface area (Å²) in [4.78, 5) is 32.5. The van der Waals surface area contributed by atoms with Gasteiger partial charge in [-0.05, 0) is 44.0 Å². The van der Waals surface area contributed by atoms with E-state index in [0.29, 0.717) is 29.8 Å². The second-order valence-corrected chi connectivity index (χ2v) is 8.03. The predicted octanol–water partition coefficient (Wildman–Crippen LogP) is 3.62. The zero-order valence-electron chi connectivity index (χ0n) is 18.0. The van der Waals surface area contributed by atoms with E-state index >= 15 is 0 Å². The first-order chi connectivity index (χ1) is 16.2. The molecule has 4 rings (SSSR count). The number of nitrogens with zero attached hydrogens (tertiary/aromatic N) is 6. The monoisotopic (exact) mass is 484 g/mol. The standard InChI is InChI=1S/C21H18ClFN8O3/c1-11(13-4-6-15(23)27-17(13)22)34-20(33)28-18-16(29-30-31(18)2)14-5-3-12(9-25-14)26-19(32)21(10-24)7-8-21/h3-6,9,11H,7-8H2,1-2H3,(H,26,32)(H,28,33). The number of hydrogen-bond donors (Lipinski definition) is 2. The van der Waals surface area contributed by atoms with Crippen molar-refractivity contribution in [2.75, 3.05) is 10.6 Å². The Hall–Kier alpha value is -4.11. The summed E-state index contributed by atoms with van der Waals surface area (Å²) in [5, 5.41) is 22.2. The van der Waals surface area contributed by atoms with Crippen LogP contribution in [0.1, 0.15) is 31.4 Å². The van der Waals surface area contributed by atoms with E-state index in [0.717, 1.165) is 6.07 Å². The minimum Gasteiger partial charge on any atom is -0.441 e. The van der Waals surface area contributed by atoms with Crippen LogP contribution in [0, 0.1) is 22.7 Å². The van der Waals surface area contributed by atoms with Crippen molar-refractivity contribution < 1.29 is 18.7 Å². The van der Waals surface area contributed by atoms with Gasteiger partial charge >= 0.3 is 6.09 Å². The molecule has 34 heavy (non-hydrogen) atoms. The molecule has 174 valence electrons. The molecule has 3 aromatic rings. The predicted molar refractivity (Wildman–Crippen MR) is 118 cm³/mol. The second-order valence-electron chi connectivity index (χ2n) is 7.68. The molecule has 2 amide bonds. The van der Waals surface area contributed by atoms with Crippen LogP contribution in [0.2, 0.25) is 5.15 Å². The van der Waals surface area contributed by atoms with Crippen molar-refractivity contribution in [2.45, 2.75) is 25.9 Å². The number of nitrogens with one attached hydrogen (secondary N) is 2. The third-order valence-corrected chi connectivity index (χ3v) is 5.58. The first kappa shape index (κ1) is 23.1. The van der Waals surface area contributed by atoms with Gasteiger partial charge in [-0.1, -0.05) is 16.8 Å². The van der Waals surface area contributed by atoms with E-state index in [1.54, 1.807) is 26.1 Å². The number of amides is 2. The molecule has 13 heteroatoms. The van der Waals surface area contributed by atoms with Gasteiger partial charge in [-0.3, -0.25) is 15.1 Å². The number of anilines is 2. The molecule has 0 aliphatic heterocycles. The summed E-state index contributed by atoms with van der Waals surface area (Å²) in [6, 6.07) is 7.73. The number of aryl methyl sites for hydroxylation is 1. The molecule has 0 spiro atoms. The fraction of sp³-hybridized carbons (Fsp3) is 0.286. The summed E-state index contributed by atoms with van der Waals surface area (Å²) >= 11 is 5.92. The molecule has 1 atom stereocenters. The highest BCUT2D eigenvalue weighted by Crippen LogP contribution is 2.45. The van der Waals surface area contributed by atoms with Crippen LogP contribution in [0.4, 0.5) is 20.7 Å². The lowest BCUT2D eigenvalue weighted by Crippen LogP contribution is -2.22. The van der Waals surface area contributed by atoms with Crippen LogP contribution < -0.4 is 10.6 Å². The van der Waals surface area contributed by atoms with E-state index in [1.807, 2.05) is 6.07 Å². The summed E-state index contributed by atoms with van der Waals surface area (Å²) < 4.78 is 19.8. The Balaban J connectivity index is 1.45. The number of carbonyl (C=O) groups excluding carboxylic acids is 2. The number of hydrogen-bond acceptors (Lipinski definition) is 8. The molecule has 3 aromatic heterocycles. The number of nitriles is 1. The third kappa shape index (κ3) is 4.65. The maximum absolute atomic E-state index is 13.2. The van der Waals surface area contributed by atoms with Crippen molar-refractivity contribution in [1.29, 1.82) is 5.26 Å². The first-order valence-electron chi connectivity index (χ1n) is 10.1. The van der Waals surface area contributed by atoms with Crippen LogP contribution in [0.5, 0.6) is 0 Å². The molecule has 0 bridgehead atoms. The van der Waals surface area contributed by atoms with Gasteiger partial charge < -0.3 is 10.1 Å². The Morgan fingerprint density at radius 3 is 2.68 bits per heavy atom. The van der Waals surface area contributed by atoms with E-state index in [9.17, 15) is 14.0 Å². The van der Waals surface area contributed by atoms with Crippen molar-refractivity contribution >= 4 is 35.1 Å². The SMILES string of the molecule is CC(OC(=O)Nc1c(-c2ccc(NC(=O)C3(C#N)CC3)cn2)nnn1C)c1ccc(F)nc1Cl. The number of rotatable bonds is 6. The summed E-state index contributed by atoms with van der Waals surface area (Å²) in [5.41, 5.74) is 0.451. The molecule has 0 aromatic carbocycles. The molecule has 1 aliphatic carbocycles. The average Bonchev–Trinajstić information content (AvgIpc) is 3.53. The highest BCUT2D eigenvalue weighted by atomic mass is 35.5. The van der Waals surface area contributed by atoms with E-state index in [4.69, 9.17) is 21.6 Å². The Labute approximate surface area is 197 Å². The largest absolute Gasteiger partial charge is 0.441 e. The molecule has 2 N–H and O–H groups in total. The van der Waals surface area contributed by atoms with Crippen LogP contribution in [-0.2, 0) is 16.6 Å². The van der Waals surface area contributed by atoms with E-state index < -0.39 is 23.6 Å². The second kappa shape index (κ2) is 9.03. The molecule has 1 aliphatic rings. The molecule has 0 saturated heterocycles. The average molecular weight is 485 g/mol. The quantitative estimate of drug-likeness (QED) is 0.504. The number of pyridine rings is 2. The summed E-state index contributed by atoms with van der Waals surface area (Å²) in [7, 11) is 1.57. The van der Waals surface area contributed by atoms with Crippen LogP contribution in [0.15, 0.2) is 30.5 Å². The highest BCUT2D eigenvalue weighted by molar-refractivity contribution is 6.30. The first-order valence-corrected chi connectivity index (χ1v) is 10.5. The van der Waals surface area contributed by atoms with Crippen molar-refractivity contribution in [3.05, 3.63) is 47.1 Å². The van der Waals surface area contributed by atoms with Gasteiger partial charge in [-0.2, -0.15) is 9.65 Å². The number of aromatic nitrogens is 5. The highest BCUT2D eigenvalue weighted by Gasteiger charge is 2.50. The van der Waals surface area contributed by atoms with Gasteiger partial charge in [-0.15, -0.1) is 5.10 Å². The smallest absolute Gasteiger partial charge is 0.413 e. The van der Waals surface area contributed by atoms with Gasteiger partial charge in [0.05, 0.1) is 23.6 Å². The fourth-order valence-corrected chi connectivity index (χ4v) is 3.42. The Kier molecular flexibility index (Phi) is 6.12. The van der Waals surface area contributed by atoms with Crippen LogP contribution in [-0.4, -0.2) is 37.0 Å². The topological polar surface area (TPSA) is 148 Å². The molecular weight excluding hydrogens is 467 g/mol. The van der Waals surface area contributed by atoms with Crippen LogP contribution >= 0.6 is 11.6 Å². The summed E-state index contributed by atoms with van der Waals surface area (Å²) in [6.07, 6.45) is 0.856. The van der Waals surface area contributed by atoms with Crippen molar-refractivity contribution in [3.8, 4) is 17.5 Å². The van der Waals surface area contributed by atoms with Gasteiger partial charge in [0.15, 0.2) is 11.5 Å². The van der Waals surface area contributed by atoms with Crippen LogP contribution in [0.3, 0.4) is 0 Å². The lowest BCUT2D eigenvalue weighted by Gasteiger charge is -2.15. The molecule has 1 saturated carbocycles. The van der Waals surface area contributed by atoms with Crippen molar-refractivity contribution in [1.82, 2.24) is 25.0 Å². The molecule has 0 radical (unpaired) electrons. The minimum atomic E-state index is -0.952. The third-order valence-electron chi connectivity index (χ3n) is 5.28. The summed E-state index contributed by atoms with van der Waals surface area (Å²) in [6.45, 7) is 1.56. The number of halogens is 2.